The molecular formula is C14H18O2. The molecule has 1 fully saturated rings. The molecule has 0 N–H and O–H groups in total. The zero-order valence-electron chi connectivity index (χ0n) is 9.95. The molecule has 16 heavy (non-hydrogen) atoms. The van der Waals surface area contributed by atoms with Crippen molar-refractivity contribution in [1.29, 1.82) is 0 Å². The van der Waals surface area contributed by atoms with Crippen LogP contribution in [0.5, 0.6) is 0 Å². The first kappa shape index (κ1) is 11.3. The number of carbonyl (C=O) groups excluding carboxylic acids is 2. The summed E-state index contributed by atoms with van der Waals surface area (Å²) >= 11 is 0. The van der Waals surface area contributed by atoms with Gasteiger partial charge in [0, 0.05) is 5.41 Å². The summed E-state index contributed by atoms with van der Waals surface area (Å²) in [4.78, 5) is 23.0. The van der Waals surface area contributed by atoms with Crippen LogP contribution in [-0.2, 0) is 9.59 Å². The standard InChI is InChI=1S/C14H18O2/c1-9-6-7-14(3)12(10(9)2)5-4-11(8-15)13(14)16/h4,8-9,12H,2,5-7H2,1,3H3/t9-,12-,14-/m0/s1. The zero-order valence-corrected chi connectivity index (χ0v) is 9.95. The largest absolute Gasteiger partial charge is 0.298 e. The molecule has 0 aromatic carbocycles. The minimum atomic E-state index is -0.380. The van der Waals surface area contributed by atoms with Crippen molar-refractivity contribution in [2.24, 2.45) is 17.3 Å². The van der Waals surface area contributed by atoms with Crippen molar-refractivity contribution in [3.63, 3.8) is 0 Å². The highest BCUT2D eigenvalue weighted by Gasteiger charge is 2.48. The van der Waals surface area contributed by atoms with Gasteiger partial charge in [-0.2, -0.15) is 0 Å². The summed E-state index contributed by atoms with van der Waals surface area (Å²) in [7, 11) is 0. The van der Waals surface area contributed by atoms with Gasteiger partial charge in [-0.15, -0.1) is 0 Å². The number of hydrogen-bond acceptors (Lipinski definition) is 2. The van der Waals surface area contributed by atoms with Crippen LogP contribution < -0.4 is 0 Å². The number of ketones is 1. The lowest BCUT2D eigenvalue weighted by Crippen LogP contribution is -2.44. The molecule has 0 aromatic rings. The van der Waals surface area contributed by atoms with Crippen molar-refractivity contribution in [3.8, 4) is 0 Å². The second-order valence-corrected chi connectivity index (χ2v) is 5.33. The molecule has 3 atom stereocenters. The lowest BCUT2D eigenvalue weighted by atomic mass is 9.56. The van der Waals surface area contributed by atoms with E-state index >= 15 is 0 Å². The van der Waals surface area contributed by atoms with E-state index in [0.717, 1.165) is 19.3 Å². The van der Waals surface area contributed by atoms with E-state index in [0.29, 0.717) is 17.8 Å². The van der Waals surface area contributed by atoms with E-state index in [2.05, 4.69) is 13.5 Å². The first-order chi connectivity index (χ1) is 7.50. The summed E-state index contributed by atoms with van der Waals surface area (Å²) in [5.41, 5.74) is 1.17. The van der Waals surface area contributed by atoms with Crippen molar-refractivity contribution in [2.75, 3.05) is 0 Å². The fourth-order valence-electron chi connectivity index (χ4n) is 3.08. The van der Waals surface area contributed by atoms with Gasteiger partial charge < -0.3 is 0 Å². The maximum absolute atomic E-state index is 12.2. The Hall–Kier alpha value is -1.18. The van der Waals surface area contributed by atoms with Crippen LogP contribution in [0.4, 0.5) is 0 Å². The van der Waals surface area contributed by atoms with E-state index in [1.807, 2.05) is 6.92 Å². The maximum Gasteiger partial charge on any atom is 0.172 e. The Morgan fingerprint density at radius 1 is 1.56 bits per heavy atom. The molecule has 0 aliphatic heterocycles. The molecule has 0 heterocycles. The van der Waals surface area contributed by atoms with E-state index in [9.17, 15) is 9.59 Å². The van der Waals surface area contributed by atoms with E-state index in [1.165, 1.54) is 5.57 Å². The van der Waals surface area contributed by atoms with Crippen molar-refractivity contribution >= 4 is 12.1 Å². The molecule has 0 unspecified atom stereocenters. The SMILES string of the molecule is C=C1[C@@H](C)CC[C@]2(C)C(=O)C(C=O)=CC[C@@H]12. The summed E-state index contributed by atoms with van der Waals surface area (Å²) in [6.45, 7) is 8.31. The van der Waals surface area contributed by atoms with Gasteiger partial charge in [0.2, 0.25) is 0 Å². The molecule has 2 nitrogen and oxygen atoms in total. The van der Waals surface area contributed by atoms with Crippen LogP contribution in [0.15, 0.2) is 23.8 Å². The minimum absolute atomic E-state index is 0.0202. The molecule has 1 saturated carbocycles. The normalized spacial score (nSPS) is 39.0. The Bertz CT molecular complexity index is 392. The molecule has 2 aliphatic carbocycles. The first-order valence-corrected chi connectivity index (χ1v) is 5.89. The van der Waals surface area contributed by atoms with Gasteiger partial charge in [0.1, 0.15) is 0 Å². The Morgan fingerprint density at radius 2 is 2.25 bits per heavy atom. The number of rotatable bonds is 1. The summed E-state index contributed by atoms with van der Waals surface area (Å²) in [5, 5.41) is 0. The molecule has 86 valence electrons. The summed E-state index contributed by atoms with van der Waals surface area (Å²) in [5.74, 6) is 0.747. The molecule has 2 rings (SSSR count). The minimum Gasteiger partial charge on any atom is -0.298 e. The fraction of sp³-hybridized carbons (Fsp3) is 0.571. The van der Waals surface area contributed by atoms with Crippen LogP contribution in [0.1, 0.15) is 33.1 Å². The van der Waals surface area contributed by atoms with E-state index in [-0.39, 0.29) is 17.1 Å². The first-order valence-electron chi connectivity index (χ1n) is 5.89. The number of aldehydes is 1. The Balaban J connectivity index is 2.41. The molecule has 0 radical (unpaired) electrons. The predicted molar refractivity (Wildman–Crippen MR) is 62.9 cm³/mol. The summed E-state index contributed by atoms with van der Waals surface area (Å²) in [6, 6.07) is 0. The smallest absolute Gasteiger partial charge is 0.172 e. The third kappa shape index (κ3) is 1.40. The van der Waals surface area contributed by atoms with Crippen molar-refractivity contribution < 1.29 is 9.59 Å². The van der Waals surface area contributed by atoms with Crippen LogP contribution in [0.3, 0.4) is 0 Å². The molecule has 2 aliphatic rings. The van der Waals surface area contributed by atoms with Gasteiger partial charge in [-0.25, -0.2) is 0 Å². The van der Waals surface area contributed by atoms with Crippen molar-refractivity contribution in [1.82, 2.24) is 0 Å². The number of hydrogen-bond donors (Lipinski definition) is 0. The third-order valence-electron chi connectivity index (χ3n) is 4.43. The van der Waals surface area contributed by atoms with Crippen molar-refractivity contribution in [2.45, 2.75) is 33.1 Å². The van der Waals surface area contributed by atoms with Crippen LogP contribution >= 0.6 is 0 Å². The Labute approximate surface area is 96.4 Å². The molecule has 0 bridgehead atoms. The predicted octanol–water partition coefficient (Wildman–Crippen LogP) is 2.69. The average Bonchev–Trinajstić information content (AvgIpc) is 2.27. The molecule has 0 spiro atoms. The van der Waals surface area contributed by atoms with E-state index < -0.39 is 0 Å². The number of Topliss-reactive ketones (excluding diaryl/α,β-unsaturated/α-hetero) is 1. The van der Waals surface area contributed by atoms with E-state index in [1.54, 1.807) is 6.08 Å². The highest BCUT2D eigenvalue weighted by Crippen LogP contribution is 2.51. The quantitative estimate of drug-likeness (QED) is 0.385. The molecule has 0 saturated heterocycles. The fourth-order valence-corrected chi connectivity index (χ4v) is 3.08. The lowest BCUT2D eigenvalue weighted by Gasteiger charge is -2.46. The third-order valence-corrected chi connectivity index (χ3v) is 4.43. The van der Waals surface area contributed by atoms with Gasteiger partial charge in [0.25, 0.3) is 0 Å². The second-order valence-electron chi connectivity index (χ2n) is 5.33. The van der Waals surface area contributed by atoms with Crippen molar-refractivity contribution in [3.05, 3.63) is 23.8 Å². The Morgan fingerprint density at radius 3 is 2.88 bits per heavy atom. The monoisotopic (exact) mass is 218 g/mol. The number of fused-ring (bicyclic) bond motifs is 1. The van der Waals surface area contributed by atoms with Crippen LogP contribution in [0.25, 0.3) is 0 Å². The van der Waals surface area contributed by atoms with Gasteiger partial charge in [-0.05, 0) is 31.1 Å². The van der Waals surface area contributed by atoms with Crippen LogP contribution in [-0.4, -0.2) is 12.1 Å². The summed E-state index contributed by atoms with van der Waals surface area (Å²) in [6.07, 6.45) is 5.15. The highest BCUT2D eigenvalue weighted by molar-refractivity contribution is 6.15. The average molecular weight is 218 g/mol. The summed E-state index contributed by atoms with van der Waals surface area (Å²) < 4.78 is 0. The van der Waals surface area contributed by atoms with Gasteiger partial charge in [0.05, 0.1) is 5.57 Å². The maximum atomic E-state index is 12.2. The molecule has 2 heteroatoms. The molecule has 0 amide bonds. The topological polar surface area (TPSA) is 34.1 Å². The van der Waals surface area contributed by atoms with Gasteiger partial charge in [0.15, 0.2) is 12.1 Å². The highest BCUT2D eigenvalue weighted by atomic mass is 16.1. The van der Waals surface area contributed by atoms with Crippen LogP contribution in [0.2, 0.25) is 0 Å². The molecular weight excluding hydrogens is 200 g/mol. The molecule has 0 aromatic heterocycles. The van der Waals surface area contributed by atoms with Gasteiger partial charge >= 0.3 is 0 Å². The van der Waals surface area contributed by atoms with Crippen LogP contribution in [0, 0.1) is 17.3 Å². The van der Waals surface area contributed by atoms with Gasteiger partial charge in [-0.3, -0.25) is 9.59 Å². The number of carbonyl (C=O) groups is 2. The number of allylic oxidation sites excluding steroid dienone is 3. The zero-order chi connectivity index (χ0) is 11.9. The lowest BCUT2D eigenvalue weighted by molar-refractivity contribution is -0.129. The second kappa shape index (κ2) is 3.69. The van der Waals surface area contributed by atoms with Gasteiger partial charge in [-0.1, -0.05) is 32.1 Å². The van der Waals surface area contributed by atoms with E-state index in [4.69, 9.17) is 0 Å². The Kier molecular flexibility index (Phi) is 2.61.